The third kappa shape index (κ3) is 6.71. The summed E-state index contributed by atoms with van der Waals surface area (Å²) in [7, 11) is 0. The van der Waals surface area contributed by atoms with Crippen molar-refractivity contribution in [3.63, 3.8) is 0 Å². The van der Waals surface area contributed by atoms with Crippen LogP contribution in [0.4, 0.5) is 4.79 Å². The van der Waals surface area contributed by atoms with Crippen molar-refractivity contribution in [3.05, 3.63) is 0 Å². The third-order valence-electron chi connectivity index (χ3n) is 1.77. The van der Waals surface area contributed by atoms with Gasteiger partial charge in [-0.15, -0.1) is 0 Å². The fourth-order valence-corrected chi connectivity index (χ4v) is 0.702. The maximum Gasteiger partial charge on any atom is 0.407 e. The van der Waals surface area contributed by atoms with Crippen molar-refractivity contribution < 1.29 is 14.6 Å². The molecule has 0 bridgehead atoms. The number of hydrogen-bond acceptors (Lipinski definition) is 3. The van der Waals surface area contributed by atoms with Gasteiger partial charge in [0.05, 0.1) is 5.60 Å². The molecule has 0 aromatic carbocycles. The van der Waals surface area contributed by atoms with Gasteiger partial charge in [0.1, 0.15) is 5.60 Å². The zero-order valence-corrected chi connectivity index (χ0v) is 9.68. The molecular formula is C10H21NO3. The van der Waals surface area contributed by atoms with Crippen LogP contribution in [-0.4, -0.2) is 28.9 Å². The Bertz CT molecular complexity index is 194. The van der Waals surface area contributed by atoms with Crippen molar-refractivity contribution in [2.75, 3.05) is 6.54 Å². The minimum Gasteiger partial charge on any atom is -0.444 e. The van der Waals surface area contributed by atoms with E-state index in [2.05, 4.69) is 5.32 Å². The summed E-state index contributed by atoms with van der Waals surface area (Å²) in [6.07, 6.45) is 0.0919. The molecule has 0 aromatic rings. The van der Waals surface area contributed by atoms with Crippen LogP contribution in [0.2, 0.25) is 0 Å². The molecule has 1 atom stereocenters. The van der Waals surface area contributed by atoms with Crippen LogP contribution in [0, 0.1) is 0 Å². The molecule has 4 nitrogen and oxygen atoms in total. The second-order valence-electron chi connectivity index (χ2n) is 4.71. The van der Waals surface area contributed by atoms with E-state index in [1.54, 1.807) is 27.7 Å². The molecule has 4 heteroatoms. The molecule has 0 rings (SSSR count). The molecule has 1 amide bonds. The molecule has 0 aromatic heterocycles. The van der Waals surface area contributed by atoms with Gasteiger partial charge < -0.3 is 15.2 Å². The first-order valence-corrected chi connectivity index (χ1v) is 4.85. The molecule has 0 unspecified atom stereocenters. The molecule has 0 spiro atoms. The summed E-state index contributed by atoms with van der Waals surface area (Å²) in [5.41, 5.74) is -1.36. The zero-order valence-electron chi connectivity index (χ0n) is 9.68. The van der Waals surface area contributed by atoms with E-state index < -0.39 is 17.3 Å². The summed E-state index contributed by atoms with van der Waals surface area (Å²) < 4.78 is 5.02. The highest BCUT2D eigenvalue weighted by atomic mass is 16.6. The standard InChI is InChI=1S/C10H21NO3/c1-6-10(5,13)7-11-8(12)14-9(2,3)4/h13H,6-7H2,1-5H3,(H,11,12)/t10-/m1/s1. The van der Waals surface area contributed by atoms with Gasteiger partial charge in [0.2, 0.25) is 0 Å². The van der Waals surface area contributed by atoms with Gasteiger partial charge in [0, 0.05) is 6.54 Å². The highest BCUT2D eigenvalue weighted by molar-refractivity contribution is 5.67. The van der Waals surface area contributed by atoms with Crippen LogP contribution in [-0.2, 0) is 4.74 Å². The van der Waals surface area contributed by atoms with Crippen LogP contribution in [0.3, 0.4) is 0 Å². The Kier molecular flexibility index (Phi) is 4.39. The summed E-state index contributed by atoms with van der Waals surface area (Å²) in [5, 5.41) is 12.1. The average Bonchev–Trinajstić information content (AvgIpc) is 1.98. The van der Waals surface area contributed by atoms with Crippen molar-refractivity contribution in [2.24, 2.45) is 0 Å². The minimum atomic E-state index is -0.864. The Labute approximate surface area is 85.6 Å². The van der Waals surface area contributed by atoms with E-state index in [1.807, 2.05) is 6.92 Å². The number of carbonyl (C=O) groups is 1. The van der Waals surface area contributed by atoms with E-state index in [0.717, 1.165) is 0 Å². The smallest absolute Gasteiger partial charge is 0.407 e. The molecular weight excluding hydrogens is 182 g/mol. The molecule has 0 heterocycles. The van der Waals surface area contributed by atoms with Crippen molar-refractivity contribution in [1.29, 1.82) is 0 Å². The predicted octanol–water partition coefficient (Wildman–Crippen LogP) is 1.67. The van der Waals surface area contributed by atoms with Gasteiger partial charge in [-0.3, -0.25) is 0 Å². The summed E-state index contributed by atoms with van der Waals surface area (Å²) in [6, 6.07) is 0. The number of carbonyl (C=O) groups excluding carboxylic acids is 1. The van der Waals surface area contributed by atoms with Gasteiger partial charge in [-0.1, -0.05) is 6.92 Å². The second kappa shape index (κ2) is 4.64. The highest BCUT2D eigenvalue weighted by Crippen LogP contribution is 2.08. The van der Waals surface area contributed by atoms with Gasteiger partial charge in [-0.05, 0) is 34.1 Å². The zero-order chi connectivity index (χ0) is 11.4. The maximum absolute atomic E-state index is 11.2. The lowest BCUT2D eigenvalue weighted by Gasteiger charge is -2.24. The summed E-state index contributed by atoms with van der Waals surface area (Å²) in [5.74, 6) is 0. The topological polar surface area (TPSA) is 58.6 Å². The van der Waals surface area contributed by atoms with Gasteiger partial charge in [-0.25, -0.2) is 4.79 Å². The molecule has 0 fully saturated rings. The average molecular weight is 203 g/mol. The summed E-state index contributed by atoms with van der Waals surface area (Å²) in [4.78, 5) is 11.2. The molecule has 0 saturated heterocycles. The van der Waals surface area contributed by atoms with Crippen molar-refractivity contribution in [3.8, 4) is 0 Å². The van der Waals surface area contributed by atoms with E-state index >= 15 is 0 Å². The van der Waals surface area contributed by atoms with Crippen LogP contribution < -0.4 is 5.32 Å². The molecule has 0 aliphatic carbocycles. The van der Waals surface area contributed by atoms with E-state index in [0.29, 0.717) is 6.42 Å². The number of alkyl carbamates (subject to hydrolysis) is 1. The van der Waals surface area contributed by atoms with Gasteiger partial charge in [-0.2, -0.15) is 0 Å². The van der Waals surface area contributed by atoms with E-state index in [9.17, 15) is 9.90 Å². The Morgan fingerprint density at radius 1 is 1.36 bits per heavy atom. The fourth-order valence-electron chi connectivity index (χ4n) is 0.702. The molecule has 84 valence electrons. The van der Waals surface area contributed by atoms with Crippen LogP contribution >= 0.6 is 0 Å². The first-order chi connectivity index (χ1) is 6.16. The Balaban J connectivity index is 3.87. The van der Waals surface area contributed by atoms with Gasteiger partial charge in [0.15, 0.2) is 0 Å². The highest BCUT2D eigenvalue weighted by Gasteiger charge is 2.21. The van der Waals surface area contributed by atoms with Crippen molar-refractivity contribution in [2.45, 2.75) is 52.2 Å². The number of ether oxygens (including phenoxy) is 1. The lowest BCUT2D eigenvalue weighted by molar-refractivity contribution is 0.0316. The number of nitrogens with one attached hydrogen (secondary N) is 1. The minimum absolute atomic E-state index is 0.207. The SMILES string of the molecule is CC[C@@](C)(O)CNC(=O)OC(C)(C)C. The largest absolute Gasteiger partial charge is 0.444 e. The second-order valence-corrected chi connectivity index (χ2v) is 4.71. The Hall–Kier alpha value is -0.770. The molecule has 0 radical (unpaired) electrons. The quantitative estimate of drug-likeness (QED) is 0.733. The van der Waals surface area contributed by atoms with Crippen molar-refractivity contribution >= 4 is 6.09 Å². The van der Waals surface area contributed by atoms with E-state index in [-0.39, 0.29) is 6.54 Å². The first kappa shape index (κ1) is 13.2. The van der Waals surface area contributed by atoms with Gasteiger partial charge in [0.25, 0.3) is 0 Å². The number of rotatable bonds is 3. The molecule has 0 aliphatic rings. The predicted molar refractivity (Wildman–Crippen MR) is 55.2 cm³/mol. The van der Waals surface area contributed by atoms with Crippen LogP contribution in [0.25, 0.3) is 0 Å². The molecule has 0 saturated carbocycles. The number of amides is 1. The number of hydrogen-bond donors (Lipinski definition) is 2. The normalized spacial score (nSPS) is 15.9. The summed E-state index contributed by atoms with van der Waals surface area (Å²) in [6.45, 7) is 9.12. The summed E-state index contributed by atoms with van der Waals surface area (Å²) >= 11 is 0. The van der Waals surface area contributed by atoms with Crippen LogP contribution in [0.15, 0.2) is 0 Å². The van der Waals surface area contributed by atoms with E-state index in [1.165, 1.54) is 0 Å². The van der Waals surface area contributed by atoms with Crippen LogP contribution in [0.5, 0.6) is 0 Å². The van der Waals surface area contributed by atoms with E-state index in [4.69, 9.17) is 4.74 Å². The maximum atomic E-state index is 11.2. The molecule has 2 N–H and O–H groups in total. The van der Waals surface area contributed by atoms with Crippen LogP contribution in [0.1, 0.15) is 41.0 Å². The number of aliphatic hydroxyl groups is 1. The fraction of sp³-hybridized carbons (Fsp3) is 0.900. The molecule has 14 heavy (non-hydrogen) atoms. The lowest BCUT2D eigenvalue weighted by Crippen LogP contribution is -2.42. The van der Waals surface area contributed by atoms with Crippen molar-refractivity contribution in [1.82, 2.24) is 5.32 Å². The third-order valence-corrected chi connectivity index (χ3v) is 1.77. The Morgan fingerprint density at radius 2 is 1.86 bits per heavy atom. The lowest BCUT2D eigenvalue weighted by atomic mass is 10.0. The first-order valence-electron chi connectivity index (χ1n) is 4.85. The van der Waals surface area contributed by atoms with Gasteiger partial charge >= 0.3 is 6.09 Å². The molecule has 0 aliphatic heterocycles. The Morgan fingerprint density at radius 3 is 2.21 bits per heavy atom. The monoisotopic (exact) mass is 203 g/mol.